The third kappa shape index (κ3) is 4.46. The van der Waals surface area contributed by atoms with Gasteiger partial charge in [-0.05, 0) is 42.7 Å². The first-order chi connectivity index (χ1) is 10.1. The van der Waals surface area contributed by atoms with Crippen molar-refractivity contribution in [2.45, 2.75) is 26.0 Å². The Balaban J connectivity index is 2.16. The van der Waals surface area contributed by atoms with E-state index < -0.39 is 0 Å². The predicted octanol–water partition coefficient (Wildman–Crippen LogP) is 3.30. The van der Waals surface area contributed by atoms with Crippen LogP contribution in [0.2, 0.25) is 0 Å². The molecule has 0 amide bonds. The molecule has 2 aromatic rings. The lowest BCUT2D eigenvalue weighted by atomic mass is 10.1. The summed E-state index contributed by atoms with van der Waals surface area (Å²) in [5.41, 5.74) is 7.65. The lowest BCUT2D eigenvalue weighted by Crippen LogP contribution is -2.18. The van der Waals surface area contributed by atoms with Gasteiger partial charge in [-0.1, -0.05) is 18.2 Å². The molecule has 2 N–H and O–H groups in total. The summed E-state index contributed by atoms with van der Waals surface area (Å²) in [6.07, 6.45) is 0.711. The van der Waals surface area contributed by atoms with Crippen molar-refractivity contribution in [2.75, 3.05) is 7.11 Å². The monoisotopic (exact) mass is 289 g/mol. The Hall–Kier alpha value is -2.07. The first kappa shape index (κ1) is 15.3. The molecule has 4 heteroatoms. The van der Waals surface area contributed by atoms with E-state index in [9.17, 15) is 4.39 Å². The number of ether oxygens (including phenoxy) is 2. The maximum Gasteiger partial charge on any atom is 0.126 e. The van der Waals surface area contributed by atoms with Gasteiger partial charge in [-0.2, -0.15) is 0 Å². The van der Waals surface area contributed by atoms with E-state index in [4.69, 9.17) is 15.2 Å². The van der Waals surface area contributed by atoms with Crippen molar-refractivity contribution in [3.05, 3.63) is 59.4 Å². The highest BCUT2D eigenvalue weighted by molar-refractivity contribution is 5.41. The average molecular weight is 289 g/mol. The second-order valence-electron chi connectivity index (χ2n) is 5.07. The summed E-state index contributed by atoms with van der Waals surface area (Å²) in [5, 5.41) is 0. The van der Waals surface area contributed by atoms with Crippen LogP contribution in [0.25, 0.3) is 0 Å². The predicted molar refractivity (Wildman–Crippen MR) is 81.1 cm³/mol. The molecule has 0 saturated carbocycles. The number of nitrogens with two attached hydrogens (primary N) is 1. The zero-order chi connectivity index (χ0) is 15.2. The molecule has 1 atom stereocenters. The highest BCUT2D eigenvalue weighted by Gasteiger charge is 2.08. The number of benzene rings is 2. The lowest BCUT2D eigenvalue weighted by molar-refractivity contribution is 0.299. The van der Waals surface area contributed by atoms with Gasteiger partial charge >= 0.3 is 0 Å². The van der Waals surface area contributed by atoms with E-state index in [1.54, 1.807) is 13.2 Å². The van der Waals surface area contributed by atoms with Gasteiger partial charge in [0.05, 0.1) is 7.11 Å². The van der Waals surface area contributed by atoms with Crippen molar-refractivity contribution in [3.63, 3.8) is 0 Å². The molecule has 0 spiro atoms. The summed E-state index contributed by atoms with van der Waals surface area (Å²) in [4.78, 5) is 0. The maximum atomic E-state index is 13.2. The van der Waals surface area contributed by atoms with Crippen molar-refractivity contribution >= 4 is 0 Å². The van der Waals surface area contributed by atoms with Crippen LogP contribution in [0, 0.1) is 5.82 Å². The highest BCUT2D eigenvalue weighted by Crippen LogP contribution is 2.26. The van der Waals surface area contributed by atoms with Crippen molar-refractivity contribution in [2.24, 2.45) is 5.73 Å². The Kier molecular flexibility index (Phi) is 5.17. The molecule has 0 heterocycles. The van der Waals surface area contributed by atoms with E-state index in [-0.39, 0.29) is 11.9 Å². The second kappa shape index (κ2) is 7.09. The van der Waals surface area contributed by atoms with E-state index in [1.807, 2.05) is 31.2 Å². The summed E-state index contributed by atoms with van der Waals surface area (Å²) < 4.78 is 24.2. The van der Waals surface area contributed by atoms with Crippen molar-refractivity contribution < 1.29 is 13.9 Å². The molecular formula is C17H20FNO2. The molecule has 3 nitrogen and oxygen atoms in total. The highest BCUT2D eigenvalue weighted by atomic mass is 19.1. The molecule has 0 radical (unpaired) electrons. The standard InChI is InChI=1S/C17H20FNO2/c1-12(19)8-14-6-7-16(20-2)10-17(14)21-11-13-4-3-5-15(18)9-13/h3-7,9-10,12H,8,11,19H2,1-2H3. The summed E-state index contributed by atoms with van der Waals surface area (Å²) in [6.45, 7) is 2.25. The van der Waals surface area contributed by atoms with Gasteiger partial charge in [0, 0.05) is 12.1 Å². The van der Waals surface area contributed by atoms with Crippen LogP contribution in [0.4, 0.5) is 4.39 Å². The largest absolute Gasteiger partial charge is 0.497 e. The number of rotatable bonds is 6. The summed E-state index contributed by atoms with van der Waals surface area (Å²) in [7, 11) is 1.61. The van der Waals surface area contributed by atoms with Crippen molar-refractivity contribution in [3.8, 4) is 11.5 Å². The van der Waals surface area contributed by atoms with Crippen LogP contribution in [0.5, 0.6) is 11.5 Å². The van der Waals surface area contributed by atoms with Crippen LogP contribution < -0.4 is 15.2 Å². The third-order valence-electron chi connectivity index (χ3n) is 3.10. The van der Waals surface area contributed by atoms with Gasteiger partial charge in [0.15, 0.2) is 0 Å². The minimum absolute atomic E-state index is 0.0370. The van der Waals surface area contributed by atoms with Crippen molar-refractivity contribution in [1.82, 2.24) is 0 Å². The molecule has 0 fully saturated rings. The Morgan fingerprint density at radius 2 is 2.00 bits per heavy atom. The minimum Gasteiger partial charge on any atom is -0.497 e. The number of methoxy groups -OCH3 is 1. The number of halogens is 1. The van der Waals surface area contributed by atoms with Gasteiger partial charge < -0.3 is 15.2 Å². The average Bonchev–Trinajstić information content (AvgIpc) is 2.46. The smallest absolute Gasteiger partial charge is 0.126 e. The molecule has 2 rings (SSSR count). The molecule has 0 aliphatic carbocycles. The van der Waals surface area contributed by atoms with Crippen LogP contribution >= 0.6 is 0 Å². The fraction of sp³-hybridized carbons (Fsp3) is 0.294. The van der Waals surface area contributed by atoms with E-state index in [1.165, 1.54) is 12.1 Å². The van der Waals surface area contributed by atoms with E-state index in [0.717, 1.165) is 22.6 Å². The molecule has 0 aromatic heterocycles. The first-order valence-corrected chi connectivity index (χ1v) is 6.88. The van der Waals surface area contributed by atoms with Crippen LogP contribution in [-0.4, -0.2) is 13.2 Å². The minimum atomic E-state index is -0.266. The van der Waals surface area contributed by atoms with Gasteiger partial charge in [-0.25, -0.2) is 4.39 Å². The molecule has 0 bridgehead atoms. The van der Waals surface area contributed by atoms with Crippen LogP contribution in [0.15, 0.2) is 42.5 Å². The SMILES string of the molecule is COc1ccc(CC(C)N)c(OCc2cccc(F)c2)c1. The topological polar surface area (TPSA) is 44.5 Å². The Morgan fingerprint density at radius 3 is 2.67 bits per heavy atom. The molecule has 2 aromatic carbocycles. The molecule has 112 valence electrons. The molecule has 21 heavy (non-hydrogen) atoms. The zero-order valence-corrected chi connectivity index (χ0v) is 12.3. The number of hydrogen-bond donors (Lipinski definition) is 1. The first-order valence-electron chi connectivity index (χ1n) is 6.88. The molecule has 0 saturated heterocycles. The molecule has 0 aliphatic rings. The summed E-state index contributed by atoms with van der Waals surface area (Å²) in [6, 6.07) is 12.1. The molecule has 0 aliphatic heterocycles. The van der Waals surface area contributed by atoms with Crippen molar-refractivity contribution in [1.29, 1.82) is 0 Å². The lowest BCUT2D eigenvalue weighted by Gasteiger charge is -2.14. The normalized spacial score (nSPS) is 12.0. The molecular weight excluding hydrogens is 269 g/mol. The van der Waals surface area contributed by atoms with E-state index in [2.05, 4.69) is 0 Å². The van der Waals surface area contributed by atoms with E-state index in [0.29, 0.717) is 13.0 Å². The number of hydrogen-bond acceptors (Lipinski definition) is 3. The Labute approximate surface area is 124 Å². The Bertz CT molecular complexity index is 599. The quantitative estimate of drug-likeness (QED) is 0.887. The maximum absolute atomic E-state index is 13.2. The second-order valence-corrected chi connectivity index (χ2v) is 5.07. The zero-order valence-electron chi connectivity index (χ0n) is 12.3. The third-order valence-corrected chi connectivity index (χ3v) is 3.10. The Morgan fingerprint density at radius 1 is 1.19 bits per heavy atom. The van der Waals surface area contributed by atoms with Crippen LogP contribution in [0.1, 0.15) is 18.1 Å². The summed E-state index contributed by atoms with van der Waals surface area (Å²) in [5.74, 6) is 1.17. The van der Waals surface area contributed by atoms with Gasteiger partial charge in [0.25, 0.3) is 0 Å². The van der Waals surface area contributed by atoms with E-state index >= 15 is 0 Å². The van der Waals surface area contributed by atoms with Crippen LogP contribution in [0.3, 0.4) is 0 Å². The van der Waals surface area contributed by atoms with Gasteiger partial charge in [-0.3, -0.25) is 0 Å². The molecule has 1 unspecified atom stereocenters. The fourth-order valence-electron chi connectivity index (χ4n) is 2.10. The van der Waals surface area contributed by atoms with Gasteiger partial charge in [-0.15, -0.1) is 0 Å². The summed E-state index contributed by atoms with van der Waals surface area (Å²) >= 11 is 0. The van der Waals surface area contributed by atoms with Gasteiger partial charge in [0.1, 0.15) is 23.9 Å². The fourth-order valence-corrected chi connectivity index (χ4v) is 2.10. The van der Waals surface area contributed by atoms with Crippen LogP contribution in [-0.2, 0) is 13.0 Å². The van der Waals surface area contributed by atoms with Gasteiger partial charge in [0.2, 0.25) is 0 Å².